The van der Waals surface area contributed by atoms with Crippen molar-refractivity contribution in [3.05, 3.63) is 23.5 Å². The second kappa shape index (κ2) is 5.37. The summed E-state index contributed by atoms with van der Waals surface area (Å²) in [7, 11) is 0. The molecular weight excluding hydrogens is 226 g/mol. The lowest BCUT2D eigenvalue weighted by Crippen LogP contribution is -2.52. The van der Waals surface area contributed by atoms with Crippen molar-refractivity contribution >= 4 is 18.3 Å². The van der Waals surface area contributed by atoms with Gasteiger partial charge in [-0.2, -0.15) is 0 Å². The lowest BCUT2D eigenvalue weighted by molar-refractivity contribution is 0.0655. The molecule has 0 bridgehead atoms. The number of nitrogens with zero attached hydrogens (tertiary/aromatic N) is 1. The maximum atomic E-state index is 12.2. The number of hydrogen-bond acceptors (Lipinski definition) is 2. The van der Waals surface area contributed by atoms with Gasteiger partial charge in [0.1, 0.15) is 0 Å². The summed E-state index contributed by atoms with van der Waals surface area (Å²) in [4.78, 5) is 17.1. The minimum atomic E-state index is 0. The number of aromatic nitrogens is 1. The highest BCUT2D eigenvalue weighted by atomic mass is 35.5. The molecule has 1 aromatic heterocycles. The van der Waals surface area contributed by atoms with Crippen molar-refractivity contribution in [2.45, 2.75) is 19.9 Å². The van der Waals surface area contributed by atoms with Gasteiger partial charge in [0.05, 0.1) is 5.56 Å². The minimum Gasteiger partial charge on any atom is -0.367 e. The molecule has 1 aromatic rings. The predicted molar refractivity (Wildman–Crippen MR) is 66.1 cm³/mol. The van der Waals surface area contributed by atoms with Gasteiger partial charge in [-0.1, -0.05) is 0 Å². The van der Waals surface area contributed by atoms with Gasteiger partial charge in [-0.25, -0.2) is 0 Å². The van der Waals surface area contributed by atoms with E-state index < -0.39 is 0 Å². The molecule has 0 aromatic carbocycles. The number of piperazine rings is 1. The number of amides is 1. The van der Waals surface area contributed by atoms with Crippen LogP contribution in [0, 0.1) is 6.92 Å². The summed E-state index contributed by atoms with van der Waals surface area (Å²) in [6, 6.07) is 0.278. The molecule has 1 saturated heterocycles. The Morgan fingerprint density at radius 3 is 2.81 bits per heavy atom. The van der Waals surface area contributed by atoms with Gasteiger partial charge in [0.25, 0.3) is 5.91 Å². The van der Waals surface area contributed by atoms with Crippen LogP contribution in [0.1, 0.15) is 22.8 Å². The summed E-state index contributed by atoms with van der Waals surface area (Å²) in [5.74, 6) is 0.141. The number of nitrogens with one attached hydrogen (secondary N) is 2. The van der Waals surface area contributed by atoms with Crippen molar-refractivity contribution in [1.82, 2.24) is 15.2 Å². The van der Waals surface area contributed by atoms with E-state index in [0.29, 0.717) is 0 Å². The fourth-order valence-electron chi connectivity index (χ4n) is 1.97. The average Bonchev–Trinajstić information content (AvgIpc) is 2.64. The van der Waals surface area contributed by atoms with Gasteiger partial charge in [0, 0.05) is 38.1 Å². The highest BCUT2D eigenvalue weighted by Crippen LogP contribution is 2.13. The number of H-pyrrole nitrogens is 1. The van der Waals surface area contributed by atoms with Crippen molar-refractivity contribution in [3.63, 3.8) is 0 Å². The number of halogens is 1. The number of rotatable bonds is 1. The van der Waals surface area contributed by atoms with Gasteiger partial charge in [0.15, 0.2) is 0 Å². The number of aryl methyl sites for hydroxylation is 1. The molecule has 2 N–H and O–H groups in total. The Morgan fingerprint density at radius 2 is 2.25 bits per heavy atom. The monoisotopic (exact) mass is 243 g/mol. The maximum absolute atomic E-state index is 12.2. The average molecular weight is 244 g/mol. The molecule has 0 radical (unpaired) electrons. The predicted octanol–water partition coefficient (Wildman–Crippen LogP) is 1.18. The lowest BCUT2D eigenvalue weighted by Gasteiger charge is -2.34. The van der Waals surface area contributed by atoms with Crippen LogP contribution in [0.3, 0.4) is 0 Å². The van der Waals surface area contributed by atoms with Gasteiger partial charge in [0.2, 0.25) is 0 Å². The largest absolute Gasteiger partial charge is 0.367 e. The van der Waals surface area contributed by atoms with Gasteiger partial charge >= 0.3 is 0 Å². The molecule has 1 amide bonds. The first-order valence-corrected chi connectivity index (χ1v) is 5.35. The topological polar surface area (TPSA) is 48.1 Å². The highest BCUT2D eigenvalue weighted by molar-refractivity contribution is 5.95. The Balaban J connectivity index is 0.00000128. The summed E-state index contributed by atoms with van der Waals surface area (Å²) in [6.07, 6.45) is 3.65. The smallest absolute Gasteiger partial charge is 0.255 e. The second-order valence-electron chi connectivity index (χ2n) is 4.10. The summed E-state index contributed by atoms with van der Waals surface area (Å²) in [6.45, 7) is 6.60. The number of hydrogen-bond donors (Lipinski definition) is 2. The van der Waals surface area contributed by atoms with Crippen LogP contribution in [0.15, 0.2) is 12.4 Å². The first kappa shape index (κ1) is 13.1. The minimum absolute atomic E-state index is 0. The van der Waals surface area contributed by atoms with Gasteiger partial charge in [-0.15, -0.1) is 12.4 Å². The third-order valence-corrected chi connectivity index (χ3v) is 2.94. The van der Waals surface area contributed by atoms with E-state index in [9.17, 15) is 4.79 Å². The Morgan fingerprint density at radius 1 is 1.50 bits per heavy atom. The number of aromatic amines is 1. The molecule has 0 aliphatic carbocycles. The van der Waals surface area contributed by atoms with Crippen molar-refractivity contribution in [2.75, 3.05) is 19.6 Å². The summed E-state index contributed by atoms with van der Waals surface area (Å²) < 4.78 is 0. The van der Waals surface area contributed by atoms with E-state index in [1.54, 1.807) is 6.20 Å². The van der Waals surface area contributed by atoms with Crippen LogP contribution in [0.5, 0.6) is 0 Å². The van der Waals surface area contributed by atoms with Crippen molar-refractivity contribution in [1.29, 1.82) is 0 Å². The van der Waals surface area contributed by atoms with E-state index >= 15 is 0 Å². The zero-order valence-electron chi connectivity index (χ0n) is 9.62. The van der Waals surface area contributed by atoms with Crippen LogP contribution in [0.25, 0.3) is 0 Å². The molecule has 0 unspecified atom stereocenters. The van der Waals surface area contributed by atoms with E-state index in [-0.39, 0.29) is 24.4 Å². The maximum Gasteiger partial charge on any atom is 0.255 e. The Kier molecular flexibility index (Phi) is 4.38. The van der Waals surface area contributed by atoms with E-state index in [0.717, 1.165) is 30.8 Å². The lowest BCUT2D eigenvalue weighted by atomic mass is 10.1. The standard InChI is InChI=1S/C11H17N3O.ClH/c1-8-5-13-7-10(8)11(15)14-4-3-12-6-9(14)2;/h5,7,9,12-13H,3-4,6H2,1-2H3;1H/t9-;/m0./s1. The van der Waals surface area contributed by atoms with E-state index in [4.69, 9.17) is 0 Å². The van der Waals surface area contributed by atoms with E-state index in [1.807, 2.05) is 18.0 Å². The fourth-order valence-corrected chi connectivity index (χ4v) is 1.97. The van der Waals surface area contributed by atoms with Crippen LogP contribution in [-0.2, 0) is 0 Å². The van der Waals surface area contributed by atoms with Gasteiger partial charge in [-0.05, 0) is 19.4 Å². The molecule has 0 saturated carbocycles. The van der Waals surface area contributed by atoms with Gasteiger partial charge < -0.3 is 15.2 Å². The molecule has 5 heteroatoms. The molecule has 2 heterocycles. The third kappa shape index (κ3) is 2.39. The summed E-state index contributed by atoms with van der Waals surface area (Å²) >= 11 is 0. The fraction of sp³-hybridized carbons (Fsp3) is 0.545. The summed E-state index contributed by atoms with van der Waals surface area (Å²) in [5, 5.41) is 3.28. The van der Waals surface area contributed by atoms with E-state index in [1.165, 1.54) is 0 Å². The number of carbonyl (C=O) groups excluding carboxylic acids is 1. The molecule has 90 valence electrons. The molecule has 0 spiro atoms. The van der Waals surface area contributed by atoms with Crippen LogP contribution >= 0.6 is 12.4 Å². The first-order chi connectivity index (χ1) is 7.20. The molecule has 1 aliphatic rings. The van der Waals surface area contributed by atoms with Crippen LogP contribution in [-0.4, -0.2) is 41.5 Å². The van der Waals surface area contributed by atoms with Crippen LogP contribution in [0.2, 0.25) is 0 Å². The zero-order chi connectivity index (χ0) is 10.8. The van der Waals surface area contributed by atoms with E-state index in [2.05, 4.69) is 17.2 Å². The molecule has 16 heavy (non-hydrogen) atoms. The quantitative estimate of drug-likeness (QED) is 0.778. The highest BCUT2D eigenvalue weighted by Gasteiger charge is 2.25. The molecule has 1 fully saturated rings. The van der Waals surface area contributed by atoms with Crippen molar-refractivity contribution < 1.29 is 4.79 Å². The van der Waals surface area contributed by atoms with Crippen molar-refractivity contribution in [3.8, 4) is 0 Å². The first-order valence-electron chi connectivity index (χ1n) is 5.35. The summed E-state index contributed by atoms with van der Waals surface area (Å²) in [5.41, 5.74) is 1.81. The SMILES string of the molecule is Cc1c[nH]cc1C(=O)N1CCNC[C@@H]1C.Cl. The number of carbonyl (C=O) groups is 1. The Hall–Kier alpha value is -1.00. The van der Waals surface area contributed by atoms with Gasteiger partial charge in [-0.3, -0.25) is 4.79 Å². The van der Waals surface area contributed by atoms with Crippen LogP contribution < -0.4 is 5.32 Å². The Bertz CT molecular complexity index is 364. The normalized spacial score (nSPS) is 20.4. The molecule has 4 nitrogen and oxygen atoms in total. The third-order valence-electron chi connectivity index (χ3n) is 2.94. The molecule has 2 rings (SSSR count). The molecule has 1 atom stereocenters. The Labute approximate surface area is 102 Å². The molecule has 1 aliphatic heterocycles. The van der Waals surface area contributed by atoms with Crippen molar-refractivity contribution in [2.24, 2.45) is 0 Å². The molecular formula is C11H18ClN3O. The zero-order valence-corrected chi connectivity index (χ0v) is 10.4. The second-order valence-corrected chi connectivity index (χ2v) is 4.10. The van der Waals surface area contributed by atoms with Crippen LogP contribution in [0.4, 0.5) is 0 Å².